The summed E-state index contributed by atoms with van der Waals surface area (Å²) in [6, 6.07) is 11.8. The molecule has 30 heavy (non-hydrogen) atoms. The van der Waals surface area contributed by atoms with Gasteiger partial charge in [0.15, 0.2) is 11.5 Å². The number of aromatic nitrogens is 3. The average molecular weight is 410 g/mol. The van der Waals surface area contributed by atoms with E-state index in [1.807, 2.05) is 51.1 Å². The predicted molar refractivity (Wildman–Crippen MR) is 119 cm³/mol. The molecule has 7 nitrogen and oxygen atoms in total. The van der Waals surface area contributed by atoms with Crippen molar-refractivity contribution in [2.24, 2.45) is 0 Å². The number of nitrogens with one attached hydrogen (secondary N) is 1. The van der Waals surface area contributed by atoms with Crippen molar-refractivity contribution < 1.29 is 9.32 Å². The maximum absolute atomic E-state index is 13.1. The number of rotatable bonds is 3. The molecule has 1 aliphatic rings. The maximum atomic E-state index is 13.1. The number of imidazole rings is 1. The SMILES string of the molecule is C.CN1CCCn2c(-c3ccccc3)nc(C(=O)Nc3cc(C(C)(C)C)on3)c2C1. The molecule has 1 aromatic carbocycles. The van der Waals surface area contributed by atoms with Crippen LogP contribution in [-0.2, 0) is 18.5 Å². The Morgan fingerprint density at radius 2 is 1.90 bits per heavy atom. The van der Waals surface area contributed by atoms with Crippen LogP contribution in [0.2, 0.25) is 0 Å². The van der Waals surface area contributed by atoms with E-state index in [1.165, 1.54) is 0 Å². The zero-order valence-electron chi connectivity index (χ0n) is 17.4. The summed E-state index contributed by atoms with van der Waals surface area (Å²) in [6.45, 7) is 8.61. The summed E-state index contributed by atoms with van der Waals surface area (Å²) in [5.74, 6) is 1.70. The van der Waals surface area contributed by atoms with E-state index in [0.29, 0.717) is 18.1 Å². The largest absolute Gasteiger partial charge is 0.359 e. The highest BCUT2D eigenvalue weighted by Gasteiger charge is 2.27. The molecule has 0 atom stereocenters. The first kappa shape index (κ1) is 21.8. The van der Waals surface area contributed by atoms with E-state index in [0.717, 1.165) is 42.4 Å². The molecule has 0 saturated carbocycles. The van der Waals surface area contributed by atoms with Crippen LogP contribution in [0, 0.1) is 0 Å². The molecule has 1 aliphatic heterocycles. The molecular weight excluding hydrogens is 378 g/mol. The van der Waals surface area contributed by atoms with Crippen LogP contribution < -0.4 is 5.32 Å². The molecule has 0 aliphatic carbocycles. The van der Waals surface area contributed by atoms with Crippen molar-refractivity contribution in [3.8, 4) is 11.4 Å². The fourth-order valence-electron chi connectivity index (χ4n) is 3.57. The summed E-state index contributed by atoms with van der Waals surface area (Å²) in [5, 5.41) is 6.87. The molecule has 160 valence electrons. The second-order valence-corrected chi connectivity index (χ2v) is 8.62. The zero-order valence-corrected chi connectivity index (χ0v) is 17.4. The van der Waals surface area contributed by atoms with Gasteiger partial charge in [0.2, 0.25) is 0 Å². The lowest BCUT2D eigenvalue weighted by molar-refractivity contribution is 0.102. The van der Waals surface area contributed by atoms with Crippen molar-refractivity contribution in [3.63, 3.8) is 0 Å². The maximum Gasteiger partial charge on any atom is 0.277 e. The number of anilines is 1. The molecule has 0 spiro atoms. The smallest absolute Gasteiger partial charge is 0.277 e. The lowest BCUT2D eigenvalue weighted by Gasteiger charge is -2.13. The van der Waals surface area contributed by atoms with Gasteiger partial charge in [-0.1, -0.05) is 63.7 Å². The molecule has 3 aromatic rings. The molecule has 4 rings (SSSR count). The summed E-state index contributed by atoms with van der Waals surface area (Å²) in [6.07, 6.45) is 1.01. The molecule has 7 heteroatoms. The monoisotopic (exact) mass is 409 g/mol. The third-order valence-corrected chi connectivity index (χ3v) is 5.15. The number of amides is 1. The molecular formula is C23H31N5O2. The third-order valence-electron chi connectivity index (χ3n) is 5.15. The predicted octanol–water partition coefficient (Wildman–Crippen LogP) is 4.56. The van der Waals surface area contributed by atoms with Gasteiger partial charge in [-0.15, -0.1) is 0 Å². The number of carbonyl (C=O) groups excluding carboxylic acids is 1. The second kappa shape index (κ2) is 8.44. The number of carbonyl (C=O) groups is 1. The molecule has 0 saturated heterocycles. The van der Waals surface area contributed by atoms with Crippen molar-refractivity contribution in [2.45, 2.75) is 53.1 Å². The molecule has 1 amide bonds. The van der Waals surface area contributed by atoms with Gasteiger partial charge in [-0.3, -0.25) is 4.79 Å². The lowest BCUT2D eigenvalue weighted by atomic mass is 9.93. The second-order valence-electron chi connectivity index (χ2n) is 8.62. The van der Waals surface area contributed by atoms with Crippen molar-refractivity contribution >= 4 is 11.7 Å². The molecule has 0 radical (unpaired) electrons. The van der Waals surface area contributed by atoms with Gasteiger partial charge in [-0.25, -0.2) is 4.98 Å². The average Bonchev–Trinajstić information content (AvgIpc) is 3.23. The van der Waals surface area contributed by atoms with Gasteiger partial charge in [0, 0.05) is 30.1 Å². The zero-order chi connectivity index (χ0) is 20.6. The van der Waals surface area contributed by atoms with Crippen LogP contribution in [0.5, 0.6) is 0 Å². The van der Waals surface area contributed by atoms with Gasteiger partial charge in [0.25, 0.3) is 5.91 Å². The van der Waals surface area contributed by atoms with Crippen molar-refractivity contribution in [2.75, 3.05) is 18.9 Å². The summed E-state index contributed by atoms with van der Waals surface area (Å²) < 4.78 is 7.57. The topological polar surface area (TPSA) is 76.2 Å². The first-order valence-electron chi connectivity index (χ1n) is 9.95. The first-order valence-corrected chi connectivity index (χ1v) is 9.95. The van der Waals surface area contributed by atoms with Crippen LogP contribution in [-0.4, -0.2) is 39.1 Å². The first-order chi connectivity index (χ1) is 13.8. The number of hydrogen-bond donors (Lipinski definition) is 1. The normalized spacial score (nSPS) is 14.5. The third kappa shape index (κ3) is 4.31. The highest BCUT2D eigenvalue weighted by Crippen LogP contribution is 2.28. The van der Waals surface area contributed by atoms with Gasteiger partial charge in [0.1, 0.15) is 11.6 Å². The van der Waals surface area contributed by atoms with Gasteiger partial charge in [-0.2, -0.15) is 0 Å². The van der Waals surface area contributed by atoms with E-state index in [4.69, 9.17) is 9.51 Å². The Hall–Kier alpha value is -2.93. The van der Waals surface area contributed by atoms with Crippen molar-refractivity contribution in [1.82, 2.24) is 19.6 Å². The quantitative estimate of drug-likeness (QED) is 0.686. The molecule has 2 aromatic heterocycles. The Kier molecular flexibility index (Phi) is 6.12. The Balaban J connectivity index is 0.00000256. The Bertz CT molecular complexity index is 1010. The minimum absolute atomic E-state index is 0. The minimum atomic E-state index is -0.264. The van der Waals surface area contributed by atoms with Crippen LogP contribution in [0.3, 0.4) is 0 Å². The van der Waals surface area contributed by atoms with Crippen LogP contribution in [0.25, 0.3) is 11.4 Å². The number of fused-ring (bicyclic) bond motifs is 1. The molecule has 3 heterocycles. The fraction of sp³-hybridized carbons (Fsp3) is 0.435. The molecule has 1 N–H and O–H groups in total. The number of hydrogen-bond acceptors (Lipinski definition) is 5. The Morgan fingerprint density at radius 1 is 1.17 bits per heavy atom. The molecule has 0 bridgehead atoms. The standard InChI is InChI=1S/C22H27N5O2.CH4/c1-22(2,3)17-13-18(25-29-17)23-21(28)19-16-14-26(4)11-8-12-27(16)20(24-19)15-9-6-5-7-10-15;/h5-7,9-10,13H,8,11-12,14H2,1-4H3,(H,23,25,28);1H4. The van der Waals surface area contributed by atoms with Crippen molar-refractivity contribution in [1.29, 1.82) is 0 Å². The van der Waals surface area contributed by atoms with E-state index in [2.05, 4.69) is 27.0 Å². The van der Waals surface area contributed by atoms with E-state index >= 15 is 0 Å². The van der Waals surface area contributed by atoms with E-state index < -0.39 is 0 Å². The van der Waals surface area contributed by atoms with Crippen LogP contribution in [0.4, 0.5) is 5.82 Å². The van der Waals surface area contributed by atoms with E-state index in [1.54, 1.807) is 6.07 Å². The molecule has 0 unspecified atom stereocenters. The van der Waals surface area contributed by atoms with Gasteiger partial charge < -0.3 is 19.3 Å². The minimum Gasteiger partial charge on any atom is -0.359 e. The lowest BCUT2D eigenvalue weighted by Crippen LogP contribution is -2.21. The highest BCUT2D eigenvalue weighted by molar-refractivity contribution is 6.03. The summed E-state index contributed by atoms with van der Waals surface area (Å²) >= 11 is 0. The van der Waals surface area contributed by atoms with Crippen molar-refractivity contribution in [3.05, 3.63) is 53.5 Å². The summed E-state index contributed by atoms with van der Waals surface area (Å²) in [5.41, 5.74) is 2.21. The Morgan fingerprint density at radius 3 is 2.57 bits per heavy atom. The van der Waals surface area contributed by atoms with Gasteiger partial charge in [-0.05, 0) is 20.0 Å². The fourth-order valence-corrected chi connectivity index (χ4v) is 3.57. The Labute approximate surface area is 178 Å². The molecule has 0 fully saturated rings. The van der Waals surface area contributed by atoms with E-state index in [9.17, 15) is 4.79 Å². The number of nitrogens with zero attached hydrogens (tertiary/aromatic N) is 4. The van der Waals surface area contributed by atoms with Gasteiger partial charge in [0.05, 0.1) is 5.69 Å². The van der Waals surface area contributed by atoms with Gasteiger partial charge >= 0.3 is 0 Å². The van der Waals surface area contributed by atoms with E-state index in [-0.39, 0.29) is 18.7 Å². The number of benzene rings is 1. The van der Waals surface area contributed by atoms with Crippen LogP contribution in [0.1, 0.15) is 56.6 Å². The van der Waals surface area contributed by atoms with Crippen LogP contribution >= 0.6 is 0 Å². The summed E-state index contributed by atoms with van der Waals surface area (Å²) in [7, 11) is 2.07. The highest BCUT2D eigenvalue weighted by atomic mass is 16.5. The van der Waals surface area contributed by atoms with Crippen LogP contribution in [0.15, 0.2) is 40.9 Å². The summed E-state index contributed by atoms with van der Waals surface area (Å²) in [4.78, 5) is 20.1.